The normalized spacial score (nSPS) is 10.6. The second-order valence-corrected chi connectivity index (χ2v) is 6.23. The van der Waals surface area contributed by atoms with Crippen molar-refractivity contribution in [1.82, 2.24) is 20.4 Å². The molecule has 0 bridgehead atoms. The summed E-state index contributed by atoms with van der Waals surface area (Å²) in [6.07, 6.45) is 2.52. The van der Waals surface area contributed by atoms with Crippen molar-refractivity contribution in [2.24, 2.45) is 0 Å². The topological polar surface area (TPSA) is 101 Å². The Bertz CT molecular complexity index is 890. The van der Waals surface area contributed by atoms with E-state index in [2.05, 4.69) is 15.5 Å². The fraction of sp³-hybridized carbons (Fsp3) is 0.300. The third-order valence-corrected chi connectivity index (χ3v) is 4.02. The maximum Gasteiger partial charge on any atom is 0.283 e. The first-order valence-electron chi connectivity index (χ1n) is 9.10. The minimum absolute atomic E-state index is 0.0785. The number of carbonyl (C=O) groups excluding carboxylic acids is 2. The number of nitrogens with one attached hydrogen (secondary N) is 1. The van der Waals surface area contributed by atoms with Crippen molar-refractivity contribution in [1.29, 1.82) is 0 Å². The zero-order valence-electron chi connectivity index (χ0n) is 15.6. The zero-order chi connectivity index (χ0) is 19.8. The van der Waals surface area contributed by atoms with E-state index in [9.17, 15) is 9.59 Å². The van der Waals surface area contributed by atoms with E-state index in [0.717, 1.165) is 12.0 Å². The van der Waals surface area contributed by atoms with Gasteiger partial charge in [-0.2, -0.15) is 0 Å². The van der Waals surface area contributed by atoms with Gasteiger partial charge in [-0.1, -0.05) is 37.3 Å². The maximum absolute atomic E-state index is 12.5. The van der Waals surface area contributed by atoms with Crippen LogP contribution in [0.5, 0.6) is 0 Å². The highest BCUT2D eigenvalue weighted by molar-refractivity contribution is 5.85. The zero-order valence-corrected chi connectivity index (χ0v) is 15.6. The molecule has 0 aliphatic heterocycles. The van der Waals surface area contributed by atoms with Crippen molar-refractivity contribution in [3.05, 3.63) is 60.2 Å². The Balaban J connectivity index is 1.54. The second-order valence-electron chi connectivity index (χ2n) is 6.23. The molecule has 2 aromatic heterocycles. The molecule has 8 heteroatoms. The first kappa shape index (κ1) is 19.3. The third-order valence-electron chi connectivity index (χ3n) is 4.02. The van der Waals surface area contributed by atoms with Crippen LogP contribution in [0.25, 0.3) is 11.7 Å². The Labute approximate surface area is 162 Å². The molecule has 0 spiro atoms. The number of benzene rings is 1. The Kier molecular flexibility index (Phi) is 6.56. The molecule has 0 saturated carbocycles. The van der Waals surface area contributed by atoms with E-state index in [-0.39, 0.29) is 37.2 Å². The van der Waals surface area contributed by atoms with Crippen LogP contribution in [-0.2, 0) is 22.6 Å². The highest BCUT2D eigenvalue weighted by Gasteiger charge is 2.18. The van der Waals surface area contributed by atoms with Gasteiger partial charge in [0.05, 0.1) is 25.8 Å². The number of furan rings is 1. The molecule has 3 rings (SSSR count). The van der Waals surface area contributed by atoms with Gasteiger partial charge in [-0.3, -0.25) is 9.59 Å². The Morgan fingerprint density at radius 3 is 2.64 bits per heavy atom. The van der Waals surface area contributed by atoms with E-state index < -0.39 is 0 Å². The molecule has 0 aliphatic rings. The highest BCUT2D eigenvalue weighted by Crippen LogP contribution is 2.18. The van der Waals surface area contributed by atoms with Gasteiger partial charge in [0.2, 0.25) is 17.7 Å². The lowest BCUT2D eigenvalue weighted by Gasteiger charge is -2.20. The van der Waals surface area contributed by atoms with Gasteiger partial charge in [-0.15, -0.1) is 10.2 Å². The number of nitrogens with zero attached hydrogens (tertiary/aromatic N) is 3. The van der Waals surface area contributed by atoms with Gasteiger partial charge in [-0.05, 0) is 24.1 Å². The van der Waals surface area contributed by atoms with Crippen LogP contribution in [0.1, 0.15) is 24.8 Å². The Morgan fingerprint density at radius 1 is 1.11 bits per heavy atom. The molecule has 0 radical (unpaired) electrons. The van der Waals surface area contributed by atoms with Crippen LogP contribution in [0.3, 0.4) is 0 Å². The van der Waals surface area contributed by atoms with E-state index in [1.54, 1.807) is 17.0 Å². The molecule has 0 unspecified atom stereocenters. The Hall–Kier alpha value is -3.42. The third kappa shape index (κ3) is 5.29. The highest BCUT2D eigenvalue weighted by atomic mass is 16.4. The molecular weight excluding hydrogens is 360 g/mol. The van der Waals surface area contributed by atoms with E-state index >= 15 is 0 Å². The van der Waals surface area contributed by atoms with E-state index in [1.807, 2.05) is 37.3 Å². The predicted octanol–water partition coefficient (Wildman–Crippen LogP) is 2.43. The minimum Gasteiger partial charge on any atom is -0.459 e. The van der Waals surface area contributed by atoms with Crippen LogP contribution in [0.4, 0.5) is 0 Å². The van der Waals surface area contributed by atoms with Crippen molar-refractivity contribution in [3.63, 3.8) is 0 Å². The molecule has 0 aliphatic carbocycles. The molecule has 0 fully saturated rings. The number of hydrogen-bond acceptors (Lipinski definition) is 6. The first-order chi connectivity index (χ1) is 13.7. The van der Waals surface area contributed by atoms with Gasteiger partial charge >= 0.3 is 0 Å². The summed E-state index contributed by atoms with van der Waals surface area (Å²) < 4.78 is 10.8. The van der Waals surface area contributed by atoms with Crippen LogP contribution >= 0.6 is 0 Å². The Morgan fingerprint density at radius 2 is 1.93 bits per heavy atom. The fourth-order valence-electron chi connectivity index (χ4n) is 2.67. The molecule has 1 aromatic carbocycles. The van der Waals surface area contributed by atoms with Gasteiger partial charge in [0, 0.05) is 6.54 Å². The number of rotatable bonds is 9. The van der Waals surface area contributed by atoms with Crippen molar-refractivity contribution in [2.75, 3.05) is 13.1 Å². The van der Waals surface area contributed by atoms with Gasteiger partial charge in [0.15, 0.2) is 5.76 Å². The molecule has 8 nitrogen and oxygen atoms in total. The number of hydrogen-bond donors (Lipinski definition) is 1. The van der Waals surface area contributed by atoms with Gasteiger partial charge in [0.25, 0.3) is 5.89 Å². The lowest BCUT2D eigenvalue weighted by Crippen LogP contribution is -2.40. The SMILES string of the molecule is CCCN(Cc1nnc(-c2ccco2)o1)C(=O)CNC(=O)Cc1ccccc1. The van der Waals surface area contributed by atoms with Gasteiger partial charge < -0.3 is 19.1 Å². The standard InChI is InChI=1S/C20H22N4O4/c1-2-10-24(14-18-22-23-20(28-18)16-9-6-11-27-16)19(26)13-21-17(25)12-15-7-4-3-5-8-15/h3-9,11H,2,10,12-14H2,1H3,(H,21,25). The molecular formula is C20H22N4O4. The molecule has 2 heterocycles. The lowest BCUT2D eigenvalue weighted by molar-refractivity contribution is -0.133. The van der Waals surface area contributed by atoms with Gasteiger partial charge in [-0.25, -0.2) is 0 Å². The van der Waals surface area contributed by atoms with E-state index in [1.165, 1.54) is 6.26 Å². The summed E-state index contributed by atoms with van der Waals surface area (Å²) in [7, 11) is 0. The molecule has 0 atom stereocenters. The van der Waals surface area contributed by atoms with Crippen molar-refractivity contribution in [2.45, 2.75) is 26.3 Å². The van der Waals surface area contributed by atoms with Crippen molar-refractivity contribution in [3.8, 4) is 11.7 Å². The predicted molar refractivity (Wildman–Crippen MR) is 101 cm³/mol. The second kappa shape index (κ2) is 9.50. The summed E-state index contributed by atoms with van der Waals surface area (Å²) in [4.78, 5) is 26.2. The molecule has 1 N–H and O–H groups in total. The van der Waals surface area contributed by atoms with E-state index in [4.69, 9.17) is 8.83 Å². The summed E-state index contributed by atoms with van der Waals surface area (Å²) in [5.74, 6) is 0.638. The summed E-state index contributed by atoms with van der Waals surface area (Å²) in [5.41, 5.74) is 0.897. The summed E-state index contributed by atoms with van der Waals surface area (Å²) >= 11 is 0. The molecule has 0 saturated heterocycles. The van der Waals surface area contributed by atoms with Crippen molar-refractivity contribution < 1.29 is 18.4 Å². The van der Waals surface area contributed by atoms with Crippen LogP contribution in [0.2, 0.25) is 0 Å². The molecule has 3 aromatic rings. The van der Waals surface area contributed by atoms with Crippen molar-refractivity contribution >= 4 is 11.8 Å². The summed E-state index contributed by atoms with van der Waals surface area (Å²) in [6, 6.07) is 12.8. The lowest BCUT2D eigenvalue weighted by atomic mass is 10.1. The number of aromatic nitrogens is 2. The van der Waals surface area contributed by atoms with Crippen LogP contribution in [0, 0.1) is 0 Å². The molecule has 2 amide bonds. The molecule has 28 heavy (non-hydrogen) atoms. The summed E-state index contributed by atoms with van der Waals surface area (Å²) in [5, 5.41) is 10.6. The van der Waals surface area contributed by atoms with E-state index in [0.29, 0.717) is 18.2 Å². The monoisotopic (exact) mass is 382 g/mol. The maximum atomic E-state index is 12.5. The average Bonchev–Trinajstić information content (AvgIpc) is 3.38. The first-order valence-corrected chi connectivity index (χ1v) is 9.10. The quantitative estimate of drug-likeness (QED) is 0.610. The molecule has 146 valence electrons. The van der Waals surface area contributed by atoms with Crippen LogP contribution in [0.15, 0.2) is 57.6 Å². The van der Waals surface area contributed by atoms with Crippen LogP contribution in [-0.4, -0.2) is 40.0 Å². The average molecular weight is 382 g/mol. The smallest absolute Gasteiger partial charge is 0.283 e. The fourth-order valence-corrected chi connectivity index (χ4v) is 2.67. The number of amides is 2. The minimum atomic E-state index is -0.207. The summed E-state index contributed by atoms with van der Waals surface area (Å²) in [6.45, 7) is 2.59. The largest absolute Gasteiger partial charge is 0.459 e. The number of carbonyl (C=O) groups is 2. The van der Waals surface area contributed by atoms with Gasteiger partial charge in [0.1, 0.15) is 0 Å². The van der Waals surface area contributed by atoms with Crippen LogP contribution < -0.4 is 5.32 Å².